The average Bonchev–Trinajstić information content (AvgIpc) is 2.92. The largest absolute Gasteiger partial charge is 0.507 e. The molecular weight excluding hydrogens is 526 g/mol. The van der Waals surface area contributed by atoms with Crippen LogP contribution in [0.15, 0.2) is 42.6 Å². The molecule has 0 saturated carbocycles. The summed E-state index contributed by atoms with van der Waals surface area (Å²) in [6.45, 7) is 12.0. The quantitative estimate of drug-likeness (QED) is 0.406. The van der Waals surface area contributed by atoms with Crippen molar-refractivity contribution < 1.29 is 23.5 Å². The molecule has 10 heteroatoms. The summed E-state index contributed by atoms with van der Waals surface area (Å²) in [5.41, 5.74) is 0.757. The molecule has 7 nitrogen and oxygen atoms in total. The second-order valence-corrected chi connectivity index (χ2v) is 9.81. The SMILES string of the molecule is C=C(CC)C(=O)N1CC2C(=O)N(C)c3cnc4c(F)c(-c5c(O)cccc5F)c(Cl)cc4c3N2CC1C.CC. The van der Waals surface area contributed by atoms with E-state index in [0.717, 1.165) is 6.07 Å². The van der Waals surface area contributed by atoms with Gasteiger partial charge < -0.3 is 19.8 Å². The molecule has 5 rings (SSSR count). The number of carbonyl (C=O) groups excluding carboxylic acids is 2. The summed E-state index contributed by atoms with van der Waals surface area (Å²) in [6, 6.07) is 4.19. The van der Waals surface area contributed by atoms with Crippen LogP contribution in [0.4, 0.5) is 20.2 Å². The number of fused-ring (bicyclic) bond motifs is 5. The molecule has 2 aliphatic rings. The van der Waals surface area contributed by atoms with Crippen LogP contribution in [-0.2, 0) is 9.59 Å². The van der Waals surface area contributed by atoms with E-state index < -0.39 is 23.4 Å². The maximum atomic E-state index is 15.9. The fourth-order valence-electron chi connectivity index (χ4n) is 5.19. The summed E-state index contributed by atoms with van der Waals surface area (Å²) in [4.78, 5) is 35.5. The lowest BCUT2D eigenvalue weighted by molar-refractivity contribution is -0.131. The zero-order valence-electron chi connectivity index (χ0n) is 22.6. The van der Waals surface area contributed by atoms with E-state index in [2.05, 4.69) is 11.6 Å². The number of nitrogens with zero attached hydrogens (tertiary/aromatic N) is 4. The molecule has 206 valence electrons. The molecule has 1 saturated heterocycles. The van der Waals surface area contributed by atoms with E-state index in [1.165, 1.54) is 29.3 Å². The number of likely N-dealkylation sites (N-methyl/N-ethyl adjacent to an activating group) is 1. The molecule has 1 fully saturated rings. The first-order valence-electron chi connectivity index (χ1n) is 12.9. The van der Waals surface area contributed by atoms with Gasteiger partial charge in [-0.25, -0.2) is 8.78 Å². The molecule has 1 aromatic heterocycles. The van der Waals surface area contributed by atoms with Crippen molar-refractivity contribution in [3.8, 4) is 16.9 Å². The van der Waals surface area contributed by atoms with Gasteiger partial charge in [0.05, 0.1) is 34.7 Å². The molecule has 2 unspecified atom stereocenters. The van der Waals surface area contributed by atoms with Crippen molar-refractivity contribution in [1.82, 2.24) is 9.88 Å². The molecule has 2 aliphatic heterocycles. The maximum absolute atomic E-state index is 15.9. The van der Waals surface area contributed by atoms with E-state index >= 15 is 4.39 Å². The Bertz CT molecular complexity index is 1480. The number of anilines is 2. The third-order valence-corrected chi connectivity index (χ3v) is 7.54. The predicted octanol–water partition coefficient (Wildman–Crippen LogP) is 5.91. The van der Waals surface area contributed by atoms with Crippen LogP contribution in [0.2, 0.25) is 5.02 Å². The van der Waals surface area contributed by atoms with Crippen LogP contribution in [-0.4, -0.2) is 59.0 Å². The number of phenolic OH excluding ortho intramolecular Hbond substituents is 1. The number of aromatic nitrogens is 1. The van der Waals surface area contributed by atoms with Crippen molar-refractivity contribution in [3.63, 3.8) is 0 Å². The van der Waals surface area contributed by atoms with Gasteiger partial charge in [-0.15, -0.1) is 0 Å². The Hall–Kier alpha value is -3.72. The van der Waals surface area contributed by atoms with Crippen molar-refractivity contribution in [2.24, 2.45) is 0 Å². The summed E-state index contributed by atoms with van der Waals surface area (Å²) in [5, 5.41) is 10.5. The highest BCUT2D eigenvalue weighted by Crippen LogP contribution is 2.47. The van der Waals surface area contributed by atoms with E-state index in [9.17, 15) is 19.1 Å². The fourth-order valence-corrected chi connectivity index (χ4v) is 5.48. The number of rotatable bonds is 3. The number of piperazine rings is 1. The fraction of sp³-hybridized carbons (Fsp3) is 0.345. The van der Waals surface area contributed by atoms with Gasteiger partial charge in [0.25, 0.3) is 5.91 Å². The lowest BCUT2D eigenvalue weighted by atomic mass is 9.96. The second-order valence-electron chi connectivity index (χ2n) is 9.40. The number of amides is 2. The Morgan fingerprint density at radius 2 is 1.92 bits per heavy atom. The molecule has 0 spiro atoms. The van der Waals surface area contributed by atoms with Crippen LogP contribution < -0.4 is 9.80 Å². The molecular formula is C29H31ClF2N4O3. The molecule has 2 aromatic carbocycles. The van der Waals surface area contributed by atoms with Gasteiger partial charge in [0.15, 0.2) is 5.82 Å². The molecule has 39 heavy (non-hydrogen) atoms. The van der Waals surface area contributed by atoms with Crippen molar-refractivity contribution in [3.05, 3.63) is 59.3 Å². The topological polar surface area (TPSA) is 77.0 Å². The van der Waals surface area contributed by atoms with Crippen LogP contribution >= 0.6 is 11.6 Å². The van der Waals surface area contributed by atoms with E-state index in [0.29, 0.717) is 35.3 Å². The molecule has 1 N–H and O–H groups in total. The summed E-state index contributed by atoms with van der Waals surface area (Å²) in [7, 11) is 1.60. The minimum Gasteiger partial charge on any atom is -0.507 e. The number of pyridine rings is 1. The van der Waals surface area contributed by atoms with Crippen molar-refractivity contribution >= 4 is 45.7 Å². The molecule has 0 bridgehead atoms. The van der Waals surface area contributed by atoms with E-state index in [-0.39, 0.29) is 46.1 Å². The van der Waals surface area contributed by atoms with Gasteiger partial charge in [-0.1, -0.05) is 45.0 Å². The number of benzene rings is 2. The Labute approximate surface area is 231 Å². The zero-order chi connectivity index (χ0) is 28.8. The first-order valence-corrected chi connectivity index (χ1v) is 13.3. The van der Waals surface area contributed by atoms with Gasteiger partial charge in [0.1, 0.15) is 23.1 Å². The average molecular weight is 557 g/mol. The van der Waals surface area contributed by atoms with Crippen LogP contribution in [0.1, 0.15) is 34.1 Å². The highest BCUT2D eigenvalue weighted by Gasteiger charge is 2.45. The zero-order valence-corrected chi connectivity index (χ0v) is 23.3. The van der Waals surface area contributed by atoms with Crippen molar-refractivity contribution in [2.75, 3.05) is 29.9 Å². The highest BCUT2D eigenvalue weighted by molar-refractivity contribution is 6.34. The number of carbonyl (C=O) groups is 2. The number of hydrogen-bond acceptors (Lipinski definition) is 5. The van der Waals surface area contributed by atoms with Crippen LogP contribution in [0.25, 0.3) is 22.0 Å². The first kappa shape index (κ1) is 28.3. The third kappa shape index (κ3) is 4.48. The molecule has 0 radical (unpaired) electrons. The van der Waals surface area contributed by atoms with Gasteiger partial charge in [-0.3, -0.25) is 14.6 Å². The highest BCUT2D eigenvalue weighted by atomic mass is 35.5. The van der Waals surface area contributed by atoms with Crippen molar-refractivity contribution in [1.29, 1.82) is 0 Å². The van der Waals surface area contributed by atoms with Crippen LogP contribution in [0, 0.1) is 11.6 Å². The Balaban J connectivity index is 0.00000172. The molecule has 2 atom stereocenters. The van der Waals surface area contributed by atoms with Gasteiger partial charge in [0, 0.05) is 36.2 Å². The van der Waals surface area contributed by atoms with E-state index in [1.807, 2.05) is 32.6 Å². The third-order valence-electron chi connectivity index (χ3n) is 7.24. The lowest BCUT2D eigenvalue weighted by Crippen LogP contribution is -2.65. The smallest absolute Gasteiger partial charge is 0.251 e. The van der Waals surface area contributed by atoms with E-state index in [1.54, 1.807) is 11.9 Å². The van der Waals surface area contributed by atoms with Gasteiger partial charge in [-0.05, 0) is 31.5 Å². The van der Waals surface area contributed by atoms with Crippen LogP contribution in [0.5, 0.6) is 5.75 Å². The molecule has 3 heterocycles. The molecule has 2 amide bonds. The normalized spacial score (nSPS) is 18.4. The maximum Gasteiger partial charge on any atom is 0.251 e. The number of hydrogen-bond donors (Lipinski definition) is 1. The number of phenols is 1. The summed E-state index contributed by atoms with van der Waals surface area (Å²) >= 11 is 6.51. The van der Waals surface area contributed by atoms with Gasteiger partial charge in [-0.2, -0.15) is 0 Å². The minimum absolute atomic E-state index is 0.0761. The number of aromatic hydroxyl groups is 1. The Kier molecular flexibility index (Phi) is 7.84. The molecule has 0 aliphatic carbocycles. The van der Waals surface area contributed by atoms with Crippen LogP contribution in [0.3, 0.4) is 0 Å². The Morgan fingerprint density at radius 3 is 2.56 bits per heavy atom. The summed E-state index contributed by atoms with van der Waals surface area (Å²) in [6.07, 6.45) is 1.90. The minimum atomic E-state index is -0.886. The van der Waals surface area contributed by atoms with E-state index in [4.69, 9.17) is 11.6 Å². The Morgan fingerprint density at radius 1 is 1.23 bits per heavy atom. The van der Waals surface area contributed by atoms with Gasteiger partial charge in [0.2, 0.25) is 5.91 Å². The standard InChI is InChI=1S/C27H25ClF2N4O3.C2H6/c1-5-13(2)26(36)33-12-19-27(37)32(4)18-10-31-24-15(25(18)34(19)11-14(33)3)9-16(28)21(23(24)30)22-17(29)7-6-8-20(22)35;1-2/h6-10,14,19,35H,2,5,11-12H2,1,3-4H3;1-2H3. The monoisotopic (exact) mass is 556 g/mol. The van der Waals surface area contributed by atoms with Crippen molar-refractivity contribution in [2.45, 2.75) is 46.2 Å². The molecule has 3 aromatic rings. The summed E-state index contributed by atoms with van der Waals surface area (Å²) < 4.78 is 30.5. The lowest BCUT2D eigenvalue weighted by Gasteiger charge is -2.50. The summed E-state index contributed by atoms with van der Waals surface area (Å²) in [5.74, 6) is -2.58. The number of halogens is 3. The predicted molar refractivity (Wildman–Crippen MR) is 150 cm³/mol. The van der Waals surface area contributed by atoms with Gasteiger partial charge >= 0.3 is 0 Å². The second kappa shape index (κ2) is 10.8. The first-order chi connectivity index (χ1) is 18.6.